The summed E-state index contributed by atoms with van der Waals surface area (Å²) in [6, 6.07) is 5.12. The van der Waals surface area contributed by atoms with E-state index in [0.29, 0.717) is 10.9 Å². The summed E-state index contributed by atoms with van der Waals surface area (Å²) in [6.45, 7) is 7.58. The van der Waals surface area contributed by atoms with Gasteiger partial charge in [0.2, 0.25) is 0 Å². The molecule has 1 unspecified atom stereocenters. The lowest BCUT2D eigenvalue weighted by Gasteiger charge is -2.25. The molecule has 1 fully saturated rings. The first kappa shape index (κ1) is 18.3. The standard InChI is InChI=1S/C18H27ClN2O2/c1-14(8-16-9-17(19)4-5-18(16)22)10-21-6-7-23-13-15(12-21)11-20(2)3/h4-5,8-9,15,22H,6-7,10-13H2,1-3H3. The number of nitrogens with zero attached hydrogens (tertiary/aromatic N) is 2. The average Bonchev–Trinajstić information content (AvgIpc) is 2.67. The van der Waals surface area contributed by atoms with Crippen molar-refractivity contribution in [2.75, 3.05) is 53.5 Å². The Balaban J connectivity index is 2.01. The first-order chi connectivity index (χ1) is 10.9. The van der Waals surface area contributed by atoms with Gasteiger partial charge in [-0.1, -0.05) is 23.3 Å². The van der Waals surface area contributed by atoms with Gasteiger partial charge in [0.15, 0.2) is 0 Å². The molecule has 1 aliphatic heterocycles. The molecule has 1 atom stereocenters. The molecule has 0 aromatic heterocycles. The molecule has 0 radical (unpaired) electrons. The van der Waals surface area contributed by atoms with Gasteiger partial charge in [-0.3, -0.25) is 4.90 Å². The molecule has 23 heavy (non-hydrogen) atoms. The first-order valence-electron chi connectivity index (χ1n) is 8.04. The van der Waals surface area contributed by atoms with Crippen LogP contribution in [0.1, 0.15) is 12.5 Å². The van der Waals surface area contributed by atoms with E-state index in [1.54, 1.807) is 18.2 Å². The van der Waals surface area contributed by atoms with Crippen molar-refractivity contribution in [3.05, 3.63) is 34.4 Å². The number of hydrogen-bond donors (Lipinski definition) is 1. The van der Waals surface area contributed by atoms with Crippen molar-refractivity contribution in [1.29, 1.82) is 0 Å². The minimum atomic E-state index is 0.262. The highest BCUT2D eigenvalue weighted by Gasteiger charge is 2.19. The summed E-state index contributed by atoms with van der Waals surface area (Å²) in [7, 11) is 4.20. The van der Waals surface area contributed by atoms with Crippen LogP contribution in [0.2, 0.25) is 5.02 Å². The lowest BCUT2D eigenvalue weighted by atomic mass is 10.1. The normalized spacial score (nSPS) is 20.7. The molecule has 0 aliphatic carbocycles. The monoisotopic (exact) mass is 338 g/mol. The third kappa shape index (κ3) is 6.15. The van der Waals surface area contributed by atoms with E-state index in [4.69, 9.17) is 16.3 Å². The van der Waals surface area contributed by atoms with Crippen LogP contribution in [0.4, 0.5) is 0 Å². The maximum atomic E-state index is 9.93. The number of halogens is 1. The Morgan fingerprint density at radius 2 is 2.26 bits per heavy atom. The van der Waals surface area contributed by atoms with E-state index in [-0.39, 0.29) is 5.75 Å². The molecular weight excluding hydrogens is 312 g/mol. The lowest BCUT2D eigenvalue weighted by Crippen LogP contribution is -2.35. The van der Waals surface area contributed by atoms with Gasteiger partial charge >= 0.3 is 0 Å². The summed E-state index contributed by atoms with van der Waals surface area (Å²) in [5.74, 6) is 0.790. The molecule has 1 saturated heterocycles. The zero-order valence-corrected chi connectivity index (χ0v) is 15.0. The van der Waals surface area contributed by atoms with Crippen molar-refractivity contribution < 1.29 is 9.84 Å². The van der Waals surface area contributed by atoms with Crippen LogP contribution in [0.25, 0.3) is 6.08 Å². The van der Waals surface area contributed by atoms with Crippen LogP contribution >= 0.6 is 11.6 Å². The third-order valence-corrected chi connectivity index (χ3v) is 4.14. The highest BCUT2D eigenvalue weighted by Crippen LogP contribution is 2.24. The summed E-state index contributed by atoms with van der Waals surface area (Å²) < 4.78 is 5.73. The Morgan fingerprint density at radius 3 is 3.00 bits per heavy atom. The van der Waals surface area contributed by atoms with Crippen LogP contribution in [0.15, 0.2) is 23.8 Å². The fourth-order valence-corrected chi connectivity index (χ4v) is 3.21. The Hall–Kier alpha value is -1.07. The smallest absolute Gasteiger partial charge is 0.122 e. The van der Waals surface area contributed by atoms with Crippen molar-refractivity contribution in [2.45, 2.75) is 6.92 Å². The Morgan fingerprint density at radius 1 is 1.48 bits per heavy atom. The van der Waals surface area contributed by atoms with Crippen LogP contribution in [0.5, 0.6) is 5.75 Å². The highest BCUT2D eigenvalue weighted by atomic mass is 35.5. The quantitative estimate of drug-likeness (QED) is 0.895. The maximum Gasteiger partial charge on any atom is 0.122 e. The van der Waals surface area contributed by atoms with Gasteiger partial charge in [-0.05, 0) is 39.2 Å². The van der Waals surface area contributed by atoms with Crippen LogP contribution in [-0.2, 0) is 4.74 Å². The van der Waals surface area contributed by atoms with E-state index in [2.05, 4.69) is 30.8 Å². The SMILES string of the molecule is CC(=Cc1cc(Cl)ccc1O)CN1CCOCC(CN(C)C)C1. The summed E-state index contributed by atoms with van der Waals surface area (Å²) >= 11 is 6.01. The molecule has 0 spiro atoms. The first-order valence-corrected chi connectivity index (χ1v) is 8.42. The van der Waals surface area contributed by atoms with E-state index in [9.17, 15) is 5.11 Å². The minimum Gasteiger partial charge on any atom is -0.507 e. The van der Waals surface area contributed by atoms with E-state index in [0.717, 1.165) is 45.0 Å². The molecule has 0 amide bonds. The number of phenolic OH excluding ortho intramolecular Hbond substituents is 1. The molecule has 1 aromatic rings. The van der Waals surface area contributed by atoms with E-state index >= 15 is 0 Å². The average molecular weight is 339 g/mol. The lowest BCUT2D eigenvalue weighted by molar-refractivity contribution is 0.112. The van der Waals surface area contributed by atoms with Gasteiger partial charge in [0.1, 0.15) is 5.75 Å². The number of rotatable bonds is 5. The summed E-state index contributed by atoms with van der Waals surface area (Å²) in [4.78, 5) is 4.64. The highest BCUT2D eigenvalue weighted by molar-refractivity contribution is 6.30. The summed E-state index contributed by atoms with van der Waals surface area (Å²) in [5.41, 5.74) is 1.97. The van der Waals surface area contributed by atoms with Crippen molar-refractivity contribution in [3.8, 4) is 5.75 Å². The van der Waals surface area contributed by atoms with Crippen LogP contribution in [0.3, 0.4) is 0 Å². The number of benzene rings is 1. The van der Waals surface area contributed by atoms with Crippen molar-refractivity contribution >= 4 is 17.7 Å². The molecule has 4 nitrogen and oxygen atoms in total. The van der Waals surface area contributed by atoms with E-state index < -0.39 is 0 Å². The molecule has 1 aromatic carbocycles. The molecule has 5 heteroatoms. The number of aromatic hydroxyl groups is 1. The molecule has 2 rings (SSSR count). The molecule has 1 N–H and O–H groups in total. The molecule has 0 bridgehead atoms. The maximum absolute atomic E-state index is 9.93. The Bertz CT molecular complexity index is 546. The number of phenols is 1. The van der Waals surface area contributed by atoms with Crippen LogP contribution < -0.4 is 0 Å². The van der Waals surface area contributed by atoms with Crippen LogP contribution in [0, 0.1) is 5.92 Å². The van der Waals surface area contributed by atoms with E-state index in [1.165, 1.54) is 5.57 Å². The van der Waals surface area contributed by atoms with Gasteiger partial charge in [0, 0.05) is 42.7 Å². The van der Waals surface area contributed by atoms with Gasteiger partial charge < -0.3 is 14.7 Å². The minimum absolute atomic E-state index is 0.262. The largest absolute Gasteiger partial charge is 0.507 e. The van der Waals surface area contributed by atoms with Gasteiger partial charge in [-0.15, -0.1) is 0 Å². The summed E-state index contributed by atoms with van der Waals surface area (Å²) in [5, 5.41) is 10.6. The second kappa shape index (κ2) is 8.69. The van der Waals surface area contributed by atoms with Gasteiger partial charge in [-0.2, -0.15) is 0 Å². The van der Waals surface area contributed by atoms with E-state index in [1.807, 2.05) is 6.08 Å². The predicted octanol–water partition coefficient (Wildman–Crippen LogP) is 2.96. The van der Waals surface area contributed by atoms with Crippen LogP contribution in [-0.4, -0.2) is 68.4 Å². The zero-order valence-electron chi connectivity index (χ0n) is 14.3. The van der Waals surface area contributed by atoms with Crippen molar-refractivity contribution in [3.63, 3.8) is 0 Å². The third-order valence-electron chi connectivity index (χ3n) is 3.91. The van der Waals surface area contributed by atoms with Crippen molar-refractivity contribution in [1.82, 2.24) is 9.80 Å². The molecule has 128 valence electrons. The van der Waals surface area contributed by atoms with Gasteiger partial charge in [0.05, 0.1) is 13.2 Å². The molecule has 1 aliphatic rings. The number of hydrogen-bond acceptors (Lipinski definition) is 4. The molecular formula is C18H27ClN2O2. The molecule has 0 saturated carbocycles. The van der Waals surface area contributed by atoms with Gasteiger partial charge in [0.25, 0.3) is 0 Å². The Labute approximate surface area is 144 Å². The topological polar surface area (TPSA) is 35.9 Å². The fourth-order valence-electron chi connectivity index (χ4n) is 3.03. The fraction of sp³-hybridized carbons (Fsp3) is 0.556. The second-order valence-corrected chi connectivity index (χ2v) is 7.07. The predicted molar refractivity (Wildman–Crippen MR) is 96.1 cm³/mol. The molecule has 1 heterocycles. The Kier molecular flexibility index (Phi) is 6.90. The second-order valence-electron chi connectivity index (χ2n) is 6.63. The van der Waals surface area contributed by atoms with Crippen molar-refractivity contribution in [2.24, 2.45) is 5.92 Å². The van der Waals surface area contributed by atoms with Gasteiger partial charge in [-0.25, -0.2) is 0 Å². The summed E-state index contributed by atoms with van der Waals surface area (Å²) in [6.07, 6.45) is 2.01. The number of ether oxygens (including phenoxy) is 1. The zero-order chi connectivity index (χ0) is 16.8.